The van der Waals surface area contributed by atoms with Gasteiger partial charge in [0.25, 0.3) is 0 Å². The molecule has 8 nitrogen and oxygen atoms in total. The second-order valence-electron chi connectivity index (χ2n) is 1.29. The second-order valence-corrected chi connectivity index (χ2v) is 3.90. The molecule has 5 N–H and O–H groups in total. The predicted octanol–water partition coefficient (Wildman–Crippen LogP) is -6.99. The number of phosphoric acid groups is 2. The van der Waals surface area contributed by atoms with Gasteiger partial charge in [-0.1, -0.05) is 6.61 Å². The van der Waals surface area contributed by atoms with E-state index in [0.29, 0.717) is 0 Å². The van der Waals surface area contributed by atoms with E-state index in [9.17, 15) is 9.13 Å². The standard InChI is InChI=1S/C2H5O.2Na.H4O7P2/c1-2-3;;;1-8(2,3)7-9(4,5)6/h3H,1-2H2;;;(H2,1,2,3)(H2,4,5,6)/q-1;2*+1;. The Kier molecular flexibility index (Phi) is 21.0. The molecule has 12 heteroatoms. The van der Waals surface area contributed by atoms with Crippen molar-refractivity contribution >= 4 is 15.6 Å². The van der Waals surface area contributed by atoms with Crippen molar-refractivity contribution in [1.29, 1.82) is 0 Å². The third-order valence-corrected chi connectivity index (χ3v) is 1.91. The van der Waals surface area contributed by atoms with Crippen molar-refractivity contribution in [2.75, 3.05) is 6.61 Å². The van der Waals surface area contributed by atoms with E-state index in [1.54, 1.807) is 0 Å². The molecule has 0 aliphatic carbocycles. The first-order valence-electron chi connectivity index (χ1n) is 2.35. The number of hydrogen-bond donors (Lipinski definition) is 5. The van der Waals surface area contributed by atoms with Gasteiger partial charge in [0.2, 0.25) is 0 Å². The maximum absolute atomic E-state index is 9.63. The summed E-state index contributed by atoms with van der Waals surface area (Å²) in [5.74, 6) is 0. The maximum atomic E-state index is 9.63. The third kappa shape index (κ3) is 36.8. The average molecular weight is 269 g/mol. The largest absolute Gasteiger partial charge is 1.00 e. The predicted molar refractivity (Wildman–Crippen MR) is 37.6 cm³/mol. The van der Waals surface area contributed by atoms with Crippen LogP contribution in [0.15, 0.2) is 0 Å². The first-order valence-corrected chi connectivity index (χ1v) is 5.41. The summed E-state index contributed by atoms with van der Waals surface area (Å²) in [6, 6.07) is 0. The quantitative estimate of drug-likeness (QED) is 0.189. The molecule has 0 atom stereocenters. The Balaban J connectivity index is -0.0000000891. The first-order chi connectivity index (χ1) is 5.12. The molecule has 0 fully saturated rings. The van der Waals surface area contributed by atoms with Crippen LogP contribution < -0.4 is 59.1 Å². The molecule has 0 bridgehead atoms. The normalized spacial score (nSPS) is 10.1. The zero-order chi connectivity index (χ0) is 10.4. The van der Waals surface area contributed by atoms with Crippen molar-refractivity contribution < 1.29 is 97.2 Å². The van der Waals surface area contributed by atoms with Gasteiger partial charge in [-0.25, -0.2) is 9.13 Å². The minimum Gasteiger partial charge on any atom is -0.428 e. The fourth-order valence-electron chi connectivity index (χ4n) is 0.139. The molecular formula is C2H9Na2O8P2+. The summed E-state index contributed by atoms with van der Waals surface area (Å²) < 4.78 is 22.2. The van der Waals surface area contributed by atoms with Crippen LogP contribution in [0.3, 0.4) is 0 Å². The summed E-state index contributed by atoms with van der Waals surface area (Å²) in [7, 11) is -10.1. The van der Waals surface area contributed by atoms with Gasteiger partial charge in [0, 0.05) is 0 Å². The molecule has 0 aromatic carbocycles. The molecule has 0 aromatic heterocycles. The van der Waals surface area contributed by atoms with E-state index in [0.717, 1.165) is 0 Å². The van der Waals surface area contributed by atoms with E-state index >= 15 is 0 Å². The van der Waals surface area contributed by atoms with Crippen LogP contribution in [-0.2, 0) is 13.4 Å². The van der Waals surface area contributed by atoms with Crippen LogP contribution in [0.1, 0.15) is 0 Å². The molecule has 0 aliphatic rings. The fourth-order valence-corrected chi connectivity index (χ4v) is 1.25. The Bertz CT molecular complexity index is 176. The monoisotopic (exact) mass is 269 g/mol. The molecule has 0 saturated heterocycles. The van der Waals surface area contributed by atoms with Crippen LogP contribution in [0, 0.1) is 6.92 Å². The minimum absolute atomic E-state index is 0. The van der Waals surface area contributed by atoms with E-state index in [1.807, 2.05) is 0 Å². The number of rotatable bonds is 2. The Morgan fingerprint density at radius 2 is 1.14 bits per heavy atom. The zero-order valence-electron chi connectivity index (χ0n) is 7.77. The summed E-state index contributed by atoms with van der Waals surface area (Å²) in [6.45, 7) is 3.04. The summed E-state index contributed by atoms with van der Waals surface area (Å²) in [4.78, 5) is 31.0. The summed E-state index contributed by atoms with van der Waals surface area (Å²) in [5.41, 5.74) is 0. The molecule has 0 radical (unpaired) electrons. The van der Waals surface area contributed by atoms with E-state index in [1.165, 1.54) is 0 Å². The molecule has 0 amide bonds. The van der Waals surface area contributed by atoms with Crippen molar-refractivity contribution in [2.45, 2.75) is 0 Å². The van der Waals surface area contributed by atoms with Crippen molar-refractivity contribution in [3.63, 3.8) is 0 Å². The second kappa shape index (κ2) is 11.7. The van der Waals surface area contributed by atoms with Gasteiger partial charge in [-0.05, 0) is 0 Å². The van der Waals surface area contributed by atoms with E-state index < -0.39 is 15.6 Å². The molecule has 0 unspecified atom stereocenters. The van der Waals surface area contributed by atoms with E-state index in [-0.39, 0.29) is 65.7 Å². The topological polar surface area (TPSA) is 145 Å². The van der Waals surface area contributed by atoms with Crippen LogP contribution in [0.25, 0.3) is 0 Å². The molecule has 0 heterocycles. The minimum atomic E-state index is -5.05. The fraction of sp³-hybridized carbons (Fsp3) is 0.500. The van der Waals surface area contributed by atoms with Gasteiger partial charge in [-0.2, -0.15) is 4.31 Å². The van der Waals surface area contributed by atoms with Crippen LogP contribution in [0.4, 0.5) is 0 Å². The van der Waals surface area contributed by atoms with Gasteiger partial charge in [-0.15, -0.1) is 0 Å². The maximum Gasteiger partial charge on any atom is 1.00 e. The first kappa shape index (κ1) is 25.2. The van der Waals surface area contributed by atoms with Gasteiger partial charge in [0.1, 0.15) is 0 Å². The van der Waals surface area contributed by atoms with Crippen molar-refractivity contribution in [3.05, 3.63) is 6.92 Å². The zero-order valence-corrected chi connectivity index (χ0v) is 13.6. The third-order valence-electron chi connectivity index (χ3n) is 0.213. The van der Waals surface area contributed by atoms with Crippen LogP contribution in [0.5, 0.6) is 0 Å². The van der Waals surface area contributed by atoms with E-state index in [2.05, 4.69) is 11.2 Å². The molecule has 0 spiro atoms. The Morgan fingerprint density at radius 3 is 1.14 bits per heavy atom. The Hall–Kier alpha value is 2.22. The smallest absolute Gasteiger partial charge is 0.428 e. The molecule has 0 rings (SSSR count). The molecular weight excluding hydrogens is 260 g/mol. The number of hydrogen-bond acceptors (Lipinski definition) is 4. The summed E-state index contributed by atoms with van der Waals surface area (Å²) in [6.07, 6.45) is 0. The van der Waals surface area contributed by atoms with Crippen LogP contribution in [-0.4, -0.2) is 31.3 Å². The van der Waals surface area contributed by atoms with Crippen LogP contribution >= 0.6 is 15.6 Å². The molecule has 76 valence electrons. The van der Waals surface area contributed by atoms with E-state index in [4.69, 9.17) is 24.7 Å². The van der Waals surface area contributed by atoms with Gasteiger partial charge >= 0.3 is 74.8 Å². The van der Waals surface area contributed by atoms with Gasteiger partial charge in [-0.3, -0.25) is 0 Å². The van der Waals surface area contributed by atoms with Crippen molar-refractivity contribution in [3.8, 4) is 0 Å². The average Bonchev–Trinajstić information content (AvgIpc) is 1.53. The number of aliphatic hydroxyl groups excluding tert-OH is 1. The van der Waals surface area contributed by atoms with Gasteiger partial charge < -0.3 is 31.6 Å². The SMILES string of the molecule is O=P(O)(O)OP(=O)(O)O.[CH2-]CO.[Na+].[Na+]. The van der Waals surface area contributed by atoms with Crippen LogP contribution in [0.2, 0.25) is 0 Å². The van der Waals surface area contributed by atoms with Gasteiger partial charge in [0.05, 0.1) is 0 Å². The molecule has 0 saturated carbocycles. The Labute approximate surface area is 125 Å². The molecule has 0 aliphatic heterocycles. The molecule has 14 heavy (non-hydrogen) atoms. The van der Waals surface area contributed by atoms with Gasteiger partial charge in [0.15, 0.2) is 0 Å². The van der Waals surface area contributed by atoms with Crippen molar-refractivity contribution in [2.24, 2.45) is 0 Å². The van der Waals surface area contributed by atoms with Crippen molar-refractivity contribution in [1.82, 2.24) is 0 Å². The summed E-state index contributed by atoms with van der Waals surface area (Å²) in [5, 5.41) is 7.46. The Morgan fingerprint density at radius 1 is 1.00 bits per heavy atom. The summed E-state index contributed by atoms with van der Waals surface area (Å²) >= 11 is 0. The molecule has 0 aromatic rings. The number of aliphatic hydroxyl groups is 1.